The number of rotatable bonds is 4. The number of nitrogens with one attached hydrogen (secondary N) is 1. The van der Waals surface area contributed by atoms with Crippen LogP contribution in [0.4, 0.5) is 19.0 Å². The van der Waals surface area contributed by atoms with Crippen LogP contribution in [-0.4, -0.2) is 10.2 Å². The molecule has 0 saturated carbocycles. The van der Waals surface area contributed by atoms with Crippen LogP contribution in [0.25, 0.3) is 0 Å². The molecule has 0 aliphatic rings. The number of benzene rings is 1. The van der Waals surface area contributed by atoms with Gasteiger partial charge in [-0.15, -0.1) is 10.2 Å². The maximum absolute atomic E-state index is 12.4. The topological polar surface area (TPSA) is 37.8 Å². The van der Waals surface area contributed by atoms with E-state index in [0.717, 1.165) is 11.6 Å². The Morgan fingerprint density at radius 3 is 2.14 bits per heavy atom. The molecule has 0 aliphatic carbocycles. The molecule has 112 valence electrons. The predicted molar refractivity (Wildman–Crippen MR) is 74.9 cm³/mol. The fourth-order valence-electron chi connectivity index (χ4n) is 1.79. The van der Waals surface area contributed by atoms with Crippen LogP contribution < -0.4 is 5.32 Å². The normalized spacial score (nSPS) is 11.7. The summed E-state index contributed by atoms with van der Waals surface area (Å²) in [4.78, 5) is 0. The monoisotopic (exact) mass is 295 g/mol. The number of anilines is 1. The molecule has 0 fully saturated rings. The molecule has 1 N–H and O–H groups in total. The lowest BCUT2D eigenvalue weighted by Crippen LogP contribution is -2.10. The van der Waals surface area contributed by atoms with E-state index in [1.165, 1.54) is 11.6 Å². The molecule has 0 atom stereocenters. The molecule has 0 spiro atoms. The summed E-state index contributed by atoms with van der Waals surface area (Å²) in [6, 6.07) is 10.2. The average molecular weight is 295 g/mol. The van der Waals surface area contributed by atoms with Crippen molar-refractivity contribution in [1.82, 2.24) is 10.2 Å². The van der Waals surface area contributed by atoms with Gasteiger partial charge in [0.25, 0.3) is 0 Å². The van der Waals surface area contributed by atoms with Gasteiger partial charge in [-0.25, -0.2) is 0 Å². The highest BCUT2D eigenvalue weighted by Crippen LogP contribution is 2.27. The molecule has 0 saturated heterocycles. The van der Waals surface area contributed by atoms with Crippen molar-refractivity contribution in [2.45, 2.75) is 32.5 Å². The predicted octanol–water partition coefficient (Wildman–Crippen LogP) is 4.23. The molecule has 2 aromatic rings. The third-order valence-electron chi connectivity index (χ3n) is 3.07. The van der Waals surface area contributed by atoms with Gasteiger partial charge >= 0.3 is 6.18 Å². The van der Waals surface area contributed by atoms with Crippen LogP contribution in [0.2, 0.25) is 0 Å². The first-order valence-corrected chi connectivity index (χ1v) is 6.60. The lowest BCUT2D eigenvalue weighted by atomic mass is 10.0. The Balaban J connectivity index is 1.96. The highest BCUT2D eigenvalue weighted by Gasteiger charge is 2.32. The van der Waals surface area contributed by atoms with Crippen LogP contribution in [0.1, 0.15) is 36.6 Å². The highest BCUT2D eigenvalue weighted by atomic mass is 19.4. The third-order valence-corrected chi connectivity index (χ3v) is 3.07. The summed E-state index contributed by atoms with van der Waals surface area (Å²) in [6.07, 6.45) is -4.46. The molecule has 0 unspecified atom stereocenters. The first kappa shape index (κ1) is 15.3. The van der Waals surface area contributed by atoms with E-state index < -0.39 is 11.9 Å². The van der Waals surface area contributed by atoms with Crippen LogP contribution in [0.3, 0.4) is 0 Å². The van der Waals surface area contributed by atoms with E-state index in [1.807, 2.05) is 24.3 Å². The van der Waals surface area contributed by atoms with Crippen LogP contribution in [0.15, 0.2) is 36.4 Å². The van der Waals surface area contributed by atoms with Crippen molar-refractivity contribution in [1.29, 1.82) is 0 Å². The van der Waals surface area contributed by atoms with Gasteiger partial charge in [0.1, 0.15) is 5.82 Å². The highest BCUT2D eigenvalue weighted by molar-refractivity contribution is 5.35. The minimum Gasteiger partial charge on any atom is -0.365 e. The van der Waals surface area contributed by atoms with Gasteiger partial charge in [-0.05, 0) is 29.2 Å². The fourth-order valence-corrected chi connectivity index (χ4v) is 1.79. The lowest BCUT2D eigenvalue weighted by molar-refractivity contribution is -0.141. The second-order valence-corrected chi connectivity index (χ2v) is 5.05. The van der Waals surface area contributed by atoms with Crippen molar-refractivity contribution in [3.63, 3.8) is 0 Å². The van der Waals surface area contributed by atoms with Crippen molar-refractivity contribution < 1.29 is 13.2 Å². The number of hydrogen-bond donors (Lipinski definition) is 1. The van der Waals surface area contributed by atoms with Gasteiger partial charge in [0.15, 0.2) is 5.69 Å². The van der Waals surface area contributed by atoms with Crippen LogP contribution >= 0.6 is 0 Å². The molecule has 0 bridgehead atoms. The van der Waals surface area contributed by atoms with Crippen LogP contribution in [0, 0.1) is 0 Å². The zero-order valence-corrected chi connectivity index (χ0v) is 11.8. The summed E-state index contributed by atoms with van der Waals surface area (Å²) in [5.41, 5.74) is 1.28. The van der Waals surface area contributed by atoms with E-state index in [1.54, 1.807) is 0 Å². The molecule has 21 heavy (non-hydrogen) atoms. The molecule has 3 nitrogen and oxygen atoms in total. The number of halogens is 3. The maximum Gasteiger partial charge on any atom is 0.435 e. The second kappa shape index (κ2) is 6.11. The number of hydrogen-bond acceptors (Lipinski definition) is 3. The number of alkyl halides is 3. The van der Waals surface area contributed by atoms with Crippen LogP contribution in [-0.2, 0) is 12.7 Å². The summed E-state index contributed by atoms with van der Waals surface area (Å²) in [7, 11) is 0. The Bertz CT molecular complexity index is 575. The Morgan fingerprint density at radius 2 is 1.67 bits per heavy atom. The minimum absolute atomic E-state index is 0.316. The van der Waals surface area contributed by atoms with Crippen LogP contribution in [0.5, 0.6) is 0 Å². The Labute approximate surface area is 121 Å². The standard InChI is InChI=1S/C15H16F3N3/c1-10(2)12-5-3-11(4-6-12)9-19-14-8-7-13(20-21-14)15(16,17)18/h3-8,10H,9H2,1-2H3,(H,19,21). The van der Waals surface area contributed by atoms with Gasteiger partial charge in [-0.1, -0.05) is 38.1 Å². The smallest absolute Gasteiger partial charge is 0.365 e. The summed E-state index contributed by atoms with van der Waals surface area (Å²) < 4.78 is 37.1. The molecule has 0 aliphatic heterocycles. The van der Waals surface area contributed by atoms with E-state index in [-0.39, 0.29) is 0 Å². The Hall–Kier alpha value is -2.11. The molecular weight excluding hydrogens is 279 g/mol. The summed E-state index contributed by atoms with van der Waals surface area (Å²) >= 11 is 0. The van der Waals surface area contributed by atoms with E-state index in [0.29, 0.717) is 18.3 Å². The average Bonchev–Trinajstić information content (AvgIpc) is 2.45. The Kier molecular flexibility index (Phi) is 4.45. The van der Waals surface area contributed by atoms with Gasteiger partial charge < -0.3 is 5.32 Å². The van der Waals surface area contributed by atoms with Crippen molar-refractivity contribution >= 4 is 5.82 Å². The molecule has 1 aromatic heterocycles. The largest absolute Gasteiger partial charge is 0.435 e. The van der Waals surface area contributed by atoms with E-state index in [4.69, 9.17) is 0 Å². The number of aromatic nitrogens is 2. The quantitative estimate of drug-likeness (QED) is 0.917. The molecular formula is C15H16F3N3. The maximum atomic E-state index is 12.4. The summed E-state index contributed by atoms with van der Waals surface area (Å²) in [5.74, 6) is 0.781. The third kappa shape index (κ3) is 4.18. The first-order chi connectivity index (χ1) is 9.86. The zero-order chi connectivity index (χ0) is 15.5. The second-order valence-electron chi connectivity index (χ2n) is 5.05. The molecule has 2 rings (SSSR count). The summed E-state index contributed by atoms with van der Waals surface area (Å²) in [5, 5.41) is 9.63. The van der Waals surface area contributed by atoms with E-state index in [2.05, 4.69) is 29.4 Å². The van der Waals surface area contributed by atoms with Crippen molar-refractivity contribution in [2.24, 2.45) is 0 Å². The van der Waals surface area contributed by atoms with E-state index >= 15 is 0 Å². The zero-order valence-electron chi connectivity index (χ0n) is 11.8. The Morgan fingerprint density at radius 1 is 1.00 bits per heavy atom. The lowest BCUT2D eigenvalue weighted by Gasteiger charge is -2.09. The first-order valence-electron chi connectivity index (χ1n) is 6.60. The van der Waals surface area contributed by atoms with Gasteiger partial charge in [-0.3, -0.25) is 0 Å². The SMILES string of the molecule is CC(C)c1ccc(CNc2ccc(C(F)(F)F)nn2)cc1. The summed E-state index contributed by atoms with van der Waals surface area (Å²) in [6.45, 7) is 4.72. The molecule has 1 heterocycles. The number of nitrogens with zero attached hydrogens (tertiary/aromatic N) is 2. The van der Waals surface area contributed by atoms with Crippen molar-refractivity contribution in [3.05, 3.63) is 53.2 Å². The van der Waals surface area contributed by atoms with E-state index in [9.17, 15) is 13.2 Å². The van der Waals surface area contributed by atoms with Gasteiger partial charge in [0.05, 0.1) is 0 Å². The van der Waals surface area contributed by atoms with Crippen molar-refractivity contribution in [2.75, 3.05) is 5.32 Å². The minimum atomic E-state index is -4.46. The van der Waals surface area contributed by atoms with Crippen molar-refractivity contribution in [3.8, 4) is 0 Å². The van der Waals surface area contributed by atoms with Gasteiger partial charge in [-0.2, -0.15) is 13.2 Å². The molecule has 6 heteroatoms. The fraction of sp³-hybridized carbons (Fsp3) is 0.333. The molecule has 0 radical (unpaired) electrons. The van der Waals surface area contributed by atoms with Gasteiger partial charge in [0.2, 0.25) is 0 Å². The molecule has 1 aromatic carbocycles. The van der Waals surface area contributed by atoms with Gasteiger partial charge in [0, 0.05) is 6.54 Å². The molecule has 0 amide bonds.